The van der Waals surface area contributed by atoms with Crippen molar-refractivity contribution in [1.29, 1.82) is 0 Å². The van der Waals surface area contributed by atoms with Gasteiger partial charge in [-0.05, 0) is 61.7 Å². The van der Waals surface area contributed by atoms with Gasteiger partial charge >= 0.3 is 0 Å². The molecule has 0 bridgehead atoms. The van der Waals surface area contributed by atoms with Gasteiger partial charge in [-0.3, -0.25) is 14.6 Å². The Bertz CT molecular complexity index is 990. The van der Waals surface area contributed by atoms with Crippen LogP contribution in [0.4, 0.5) is 5.69 Å². The fraction of sp³-hybridized carbons (Fsp3) is 0.174. The van der Waals surface area contributed by atoms with Crippen LogP contribution in [0.5, 0.6) is 0 Å². The van der Waals surface area contributed by atoms with Gasteiger partial charge in [0.2, 0.25) is 0 Å². The number of aromatic nitrogens is 1. The Kier molecular flexibility index (Phi) is 5.84. The summed E-state index contributed by atoms with van der Waals surface area (Å²) in [4.78, 5) is 29.2. The van der Waals surface area contributed by atoms with Crippen molar-refractivity contribution in [2.24, 2.45) is 0 Å². The van der Waals surface area contributed by atoms with E-state index in [-0.39, 0.29) is 11.8 Å². The molecule has 3 aromatic rings. The number of nitrogens with zero attached hydrogens (tertiary/aromatic N) is 1. The van der Waals surface area contributed by atoms with Gasteiger partial charge in [0.05, 0.1) is 0 Å². The highest BCUT2D eigenvalue weighted by Crippen LogP contribution is 2.22. The predicted molar refractivity (Wildman–Crippen MR) is 110 cm³/mol. The maximum absolute atomic E-state index is 12.7. The van der Waals surface area contributed by atoms with E-state index in [4.69, 9.17) is 0 Å². The monoisotopic (exact) mass is 373 g/mol. The average molecular weight is 373 g/mol. The Labute approximate surface area is 164 Å². The Morgan fingerprint density at radius 1 is 0.893 bits per heavy atom. The van der Waals surface area contributed by atoms with Crippen molar-refractivity contribution in [3.63, 3.8) is 0 Å². The fourth-order valence-electron chi connectivity index (χ4n) is 3.15. The van der Waals surface area contributed by atoms with Crippen molar-refractivity contribution in [1.82, 2.24) is 10.3 Å². The van der Waals surface area contributed by atoms with E-state index in [2.05, 4.69) is 15.6 Å². The van der Waals surface area contributed by atoms with Crippen molar-refractivity contribution in [2.75, 3.05) is 5.32 Å². The fourth-order valence-corrected chi connectivity index (χ4v) is 3.15. The normalized spacial score (nSPS) is 10.4. The molecule has 2 amide bonds. The molecule has 2 N–H and O–H groups in total. The van der Waals surface area contributed by atoms with E-state index >= 15 is 0 Å². The van der Waals surface area contributed by atoms with E-state index in [1.165, 1.54) is 0 Å². The summed E-state index contributed by atoms with van der Waals surface area (Å²) in [5.41, 5.74) is 5.77. The lowest BCUT2D eigenvalue weighted by Gasteiger charge is -2.13. The number of pyridine rings is 1. The third-order valence-electron chi connectivity index (χ3n) is 4.48. The summed E-state index contributed by atoms with van der Waals surface area (Å²) in [6.07, 6.45) is 3.39. The zero-order valence-corrected chi connectivity index (χ0v) is 16.2. The highest BCUT2D eigenvalue weighted by molar-refractivity contribution is 6.06. The SMILES string of the molecule is Cc1cc(C)c(NC(=O)c2cccc(C(=O)NCc3cccnc3)c2)c(C)c1. The summed E-state index contributed by atoms with van der Waals surface area (Å²) in [6.45, 7) is 6.35. The molecule has 0 aliphatic carbocycles. The van der Waals surface area contributed by atoms with Crippen LogP contribution in [0.15, 0.2) is 60.9 Å². The zero-order chi connectivity index (χ0) is 20.1. The second-order valence-electron chi connectivity index (χ2n) is 6.85. The molecule has 1 aromatic heterocycles. The minimum atomic E-state index is -0.239. The molecular weight excluding hydrogens is 350 g/mol. The Hall–Kier alpha value is -3.47. The number of benzene rings is 2. The number of hydrogen-bond acceptors (Lipinski definition) is 3. The molecule has 0 spiro atoms. The second-order valence-corrected chi connectivity index (χ2v) is 6.85. The maximum atomic E-state index is 12.7. The van der Waals surface area contributed by atoms with Crippen molar-refractivity contribution in [3.05, 3.63) is 94.3 Å². The first-order valence-electron chi connectivity index (χ1n) is 9.10. The number of aryl methyl sites for hydroxylation is 3. The summed E-state index contributed by atoms with van der Waals surface area (Å²) < 4.78 is 0. The highest BCUT2D eigenvalue weighted by atomic mass is 16.2. The van der Waals surface area contributed by atoms with E-state index in [1.807, 2.05) is 45.0 Å². The largest absolute Gasteiger partial charge is 0.348 e. The Balaban J connectivity index is 1.72. The first kappa shape index (κ1) is 19.3. The molecule has 0 radical (unpaired) electrons. The van der Waals surface area contributed by atoms with Gasteiger partial charge in [0, 0.05) is 35.8 Å². The van der Waals surface area contributed by atoms with Gasteiger partial charge in [-0.1, -0.05) is 29.8 Å². The molecule has 0 unspecified atom stereocenters. The number of carbonyl (C=O) groups excluding carboxylic acids is 2. The van der Waals surface area contributed by atoms with Crippen LogP contribution < -0.4 is 10.6 Å². The van der Waals surface area contributed by atoms with Crippen molar-refractivity contribution in [2.45, 2.75) is 27.3 Å². The Morgan fingerprint density at radius 3 is 2.21 bits per heavy atom. The zero-order valence-electron chi connectivity index (χ0n) is 16.2. The first-order chi connectivity index (χ1) is 13.4. The summed E-state index contributed by atoms with van der Waals surface area (Å²) in [7, 11) is 0. The standard InChI is InChI=1S/C23H23N3O2/c1-15-10-16(2)21(17(3)11-15)26-23(28)20-8-4-7-19(12-20)22(27)25-14-18-6-5-9-24-13-18/h4-13H,14H2,1-3H3,(H,25,27)(H,26,28). The number of anilines is 1. The van der Waals surface area contributed by atoms with E-state index in [0.29, 0.717) is 17.7 Å². The number of hydrogen-bond donors (Lipinski definition) is 2. The van der Waals surface area contributed by atoms with Gasteiger partial charge in [-0.2, -0.15) is 0 Å². The van der Waals surface area contributed by atoms with Crippen LogP contribution in [-0.4, -0.2) is 16.8 Å². The third-order valence-corrected chi connectivity index (χ3v) is 4.48. The first-order valence-corrected chi connectivity index (χ1v) is 9.10. The number of rotatable bonds is 5. The highest BCUT2D eigenvalue weighted by Gasteiger charge is 2.13. The van der Waals surface area contributed by atoms with Crippen LogP contribution in [0.3, 0.4) is 0 Å². The van der Waals surface area contributed by atoms with Crippen molar-refractivity contribution < 1.29 is 9.59 Å². The minimum Gasteiger partial charge on any atom is -0.348 e. The lowest BCUT2D eigenvalue weighted by Crippen LogP contribution is -2.23. The van der Waals surface area contributed by atoms with Gasteiger partial charge in [0.25, 0.3) is 11.8 Å². The smallest absolute Gasteiger partial charge is 0.255 e. The minimum absolute atomic E-state index is 0.235. The molecule has 5 heteroatoms. The summed E-state index contributed by atoms with van der Waals surface area (Å²) >= 11 is 0. The molecule has 0 fully saturated rings. The maximum Gasteiger partial charge on any atom is 0.255 e. The van der Waals surface area contributed by atoms with Crippen LogP contribution in [0.25, 0.3) is 0 Å². The molecule has 0 saturated carbocycles. The van der Waals surface area contributed by atoms with Gasteiger partial charge < -0.3 is 10.6 Å². The topological polar surface area (TPSA) is 71.1 Å². The summed E-state index contributed by atoms with van der Waals surface area (Å²) in [5, 5.41) is 5.81. The summed E-state index contributed by atoms with van der Waals surface area (Å²) in [5.74, 6) is -0.474. The van der Waals surface area contributed by atoms with Crippen LogP contribution in [0, 0.1) is 20.8 Å². The van der Waals surface area contributed by atoms with Gasteiger partial charge in [-0.15, -0.1) is 0 Å². The molecule has 1 heterocycles. The van der Waals surface area contributed by atoms with Crippen molar-refractivity contribution >= 4 is 17.5 Å². The molecule has 0 aliphatic rings. The van der Waals surface area contributed by atoms with Crippen LogP contribution in [0.2, 0.25) is 0 Å². The Morgan fingerprint density at radius 2 is 1.57 bits per heavy atom. The summed E-state index contributed by atoms with van der Waals surface area (Å²) in [6, 6.07) is 14.5. The lowest BCUT2D eigenvalue weighted by atomic mass is 10.0. The predicted octanol–water partition coefficient (Wildman–Crippen LogP) is 4.19. The average Bonchev–Trinajstić information content (AvgIpc) is 2.69. The molecule has 28 heavy (non-hydrogen) atoms. The number of nitrogens with one attached hydrogen (secondary N) is 2. The molecule has 5 nitrogen and oxygen atoms in total. The molecule has 3 rings (SSSR count). The number of amides is 2. The third kappa shape index (κ3) is 4.62. The van der Waals surface area contributed by atoms with Crippen LogP contribution in [-0.2, 0) is 6.54 Å². The lowest BCUT2D eigenvalue weighted by molar-refractivity contribution is 0.0951. The molecule has 0 atom stereocenters. The van der Waals surface area contributed by atoms with E-state index < -0.39 is 0 Å². The van der Waals surface area contributed by atoms with Gasteiger partial charge in [0.1, 0.15) is 0 Å². The van der Waals surface area contributed by atoms with Crippen molar-refractivity contribution in [3.8, 4) is 0 Å². The molecule has 142 valence electrons. The number of carbonyl (C=O) groups is 2. The van der Waals surface area contributed by atoms with Gasteiger partial charge in [-0.25, -0.2) is 0 Å². The molecule has 0 saturated heterocycles. The van der Waals surface area contributed by atoms with E-state index in [1.54, 1.807) is 36.7 Å². The second kappa shape index (κ2) is 8.48. The quantitative estimate of drug-likeness (QED) is 0.704. The van der Waals surface area contributed by atoms with Gasteiger partial charge in [0.15, 0.2) is 0 Å². The van der Waals surface area contributed by atoms with E-state index in [9.17, 15) is 9.59 Å². The van der Waals surface area contributed by atoms with Crippen LogP contribution >= 0.6 is 0 Å². The molecule has 2 aromatic carbocycles. The van der Waals surface area contributed by atoms with E-state index in [0.717, 1.165) is 27.9 Å². The molecular formula is C23H23N3O2. The molecule has 0 aliphatic heterocycles. The van der Waals surface area contributed by atoms with Crippen LogP contribution in [0.1, 0.15) is 43.0 Å².